The lowest BCUT2D eigenvalue weighted by Gasteiger charge is -2.43. The molecule has 0 saturated heterocycles. The third-order valence-corrected chi connectivity index (χ3v) is 9.52. The summed E-state index contributed by atoms with van der Waals surface area (Å²) in [5.74, 6) is -1.06. The number of ether oxygens (including phenoxy) is 2. The zero-order valence-electron chi connectivity index (χ0n) is 27.1. The topological polar surface area (TPSA) is 52.6 Å². The van der Waals surface area contributed by atoms with Crippen LogP contribution in [0.25, 0.3) is 18.2 Å². The molecule has 6 heteroatoms. The summed E-state index contributed by atoms with van der Waals surface area (Å²) in [5, 5.41) is 0. The predicted octanol–water partition coefficient (Wildman–Crippen LogP) is 11.0. The molecule has 48 heavy (non-hydrogen) atoms. The smallest absolute Gasteiger partial charge is 0.338 e. The first kappa shape index (κ1) is 35.1. The summed E-state index contributed by atoms with van der Waals surface area (Å²) in [6, 6.07) is 36.0. The van der Waals surface area contributed by atoms with Crippen molar-refractivity contribution in [2.45, 2.75) is 32.6 Å². The maximum atomic E-state index is 14.1. The minimum Gasteiger partial charge on any atom is -0.463 e. The first-order valence-corrected chi connectivity index (χ1v) is 17.7. The molecule has 4 nitrogen and oxygen atoms in total. The predicted molar refractivity (Wildman–Crippen MR) is 202 cm³/mol. The van der Waals surface area contributed by atoms with Crippen molar-refractivity contribution in [1.29, 1.82) is 0 Å². The van der Waals surface area contributed by atoms with Gasteiger partial charge in [0.05, 0.1) is 18.8 Å². The van der Waals surface area contributed by atoms with Crippen LogP contribution in [0.4, 0.5) is 0 Å². The van der Waals surface area contributed by atoms with Crippen LogP contribution in [0.2, 0.25) is 0 Å². The highest BCUT2D eigenvalue weighted by Gasteiger charge is 2.46. The van der Waals surface area contributed by atoms with Gasteiger partial charge in [-0.3, -0.25) is 0 Å². The van der Waals surface area contributed by atoms with Crippen molar-refractivity contribution in [3.63, 3.8) is 0 Å². The van der Waals surface area contributed by atoms with Crippen molar-refractivity contribution in [3.8, 4) is 0 Å². The minimum absolute atomic E-state index is 0.245. The van der Waals surface area contributed by atoms with Crippen molar-refractivity contribution in [1.82, 2.24) is 0 Å². The summed E-state index contributed by atoms with van der Waals surface area (Å²) >= 11 is 7.04. The molecule has 0 heterocycles. The van der Waals surface area contributed by atoms with Crippen molar-refractivity contribution in [2.24, 2.45) is 5.41 Å². The summed E-state index contributed by atoms with van der Waals surface area (Å²) < 4.78 is 13.3. The monoisotopic (exact) mass is 764 g/mol. The fourth-order valence-electron chi connectivity index (χ4n) is 6.13. The van der Waals surface area contributed by atoms with Crippen LogP contribution in [-0.2, 0) is 19.1 Å². The Bertz CT molecular complexity index is 1820. The Labute approximate surface area is 300 Å². The second-order valence-corrected chi connectivity index (χ2v) is 13.4. The van der Waals surface area contributed by atoms with Gasteiger partial charge in [-0.05, 0) is 90.9 Å². The molecule has 0 N–H and O–H groups in total. The molecule has 0 aromatic heterocycles. The number of benzene rings is 4. The third kappa shape index (κ3) is 8.60. The molecule has 0 radical (unpaired) electrons. The lowest BCUT2D eigenvalue weighted by atomic mass is 9.60. The highest BCUT2D eigenvalue weighted by molar-refractivity contribution is 9.10. The minimum atomic E-state index is -0.822. The lowest BCUT2D eigenvalue weighted by molar-refractivity contribution is -0.140. The molecule has 0 fully saturated rings. The Morgan fingerprint density at radius 3 is 1.83 bits per heavy atom. The van der Waals surface area contributed by atoms with Gasteiger partial charge in [0, 0.05) is 25.9 Å². The van der Waals surface area contributed by atoms with Gasteiger partial charge >= 0.3 is 11.9 Å². The van der Waals surface area contributed by atoms with E-state index in [0.717, 1.165) is 36.8 Å². The normalized spacial score (nSPS) is 18.3. The molecule has 5 rings (SSSR count). The first-order valence-electron chi connectivity index (χ1n) is 16.1. The van der Waals surface area contributed by atoms with Gasteiger partial charge in [-0.25, -0.2) is 9.59 Å². The van der Waals surface area contributed by atoms with Crippen LogP contribution in [0.3, 0.4) is 0 Å². The zero-order chi connectivity index (χ0) is 33.9. The van der Waals surface area contributed by atoms with Gasteiger partial charge in [0.1, 0.15) is 0 Å². The summed E-state index contributed by atoms with van der Waals surface area (Å²) in [6.07, 6.45) is 11.3. The molecular weight excluding hydrogens is 728 g/mol. The molecule has 0 aliphatic heterocycles. The molecule has 244 valence electrons. The van der Waals surface area contributed by atoms with Crippen LogP contribution in [-0.4, -0.2) is 25.2 Å². The molecule has 0 saturated carbocycles. The maximum absolute atomic E-state index is 14.1. The van der Waals surface area contributed by atoms with Crippen LogP contribution in [0.1, 0.15) is 54.9 Å². The molecule has 0 spiro atoms. The third-order valence-electron chi connectivity index (χ3n) is 8.46. The number of carbonyl (C=O) groups excluding carboxylic acids is 2. The summed E-state index contributed by atoms with van der Waals surface area (Å²) in [5.41, 5.74) is 4.93. The van der Waals surface area contributed by atoms with E-state index in [0.29, 0.717) is 24.0 Å². The Balaban J connectivity index is 1.78. The SMILES string of the molecule is CCOC(=O)/C(=C\c1ccc(Br)cc1)C1=C[C@H](c2ccccc2)[C@@](/C=C/c2ccccc2)(/C(=C/c2ccc(Br)cc2)C(=O)OCC)CC1. The van der Waals surface area contributed by atoms with Gasteiger partial charge in [-0.2, -0.15) is 0 Å². The van der Waals surface area contributed by atoms with Crippen molar-refractivity contribution >= 4 is 62.0 Å². The fourth-order valence-corrected chi connectivity index (χ4v) is 6.66. The Morgan fingerprint density at radius 2 is 1.25 bits per heavy atom. The van der Waals surface area contributed by atoms with E-state index < -0.39 is 5.41 Å². The number of hydrogen-bond donors (Lipinski definition) is 0. The van der Waals surface area contributed by atoms with Crippen molar-refractivity contribution in [3.05, 3.63) is 169 Å². The number of halogens is 2. The number of esters is 2. The van der Waals surface area contributed by atoms with E-state index in [2.05, 4.69) is 62.2 Å². The van der Waals surface area contributed by atoms with Gasteiger partial charge in [0.2, 0.25) is 0 Å². The Morgan fingerprint density at radius 1 is 0.708 bits per heavy atom. The van der Waals surface area contributed by atoms with E-state index in [1.54, 1.807) is 0 Å². The highest BCUT2D eigenvalue weighted by atomic mass is 79.9. The average molecular weight is 767 g/mol. The second-order valence-electron chi connectivity index (χ2n) is 11.5. The van der Waals surface area contributed by atoms with Crippen LogP contribution >= 0.6 is 31.9 Å². The fraction of sp³-hybridized carbons (Fsp3) is 0.190. The van der Waals surface area contributed by atoms with Crippen molar-refractivity contribution < 1.29 is 19.1 Å². The number of carbonyl (C=O) groups is 2. The number of rotatable bonds is 11. The van der Waals surface area contributed by atoms with Crippen molar-refractivity contribution in [2.75, 3.05) is 13.2 Å². The number of allylic oxidation sites excluding steroid dienone is 2. The summed E-state index contributed by atoms with van der Waals surface area (Å²) in [7, 11) is 0. The van der Waals surface area contributed by atoms with Gasteiger partial charge in [0.25, 0.3) is 0 Å². The highest BCUT2D eigenvalue weighted by Crippen LogP contribution is 2.54. The summed E-state index contributed by atoms with van der Waals surface area (Å²) in [4.78, 5) is 27.7. The van der Waals surface area contributed by atoms with E-state index in [1.165, 1.54) is 0 Å². The van der Waals surface area contributed by atoms with E-state index in [4.69, 9.17) is 9.47 Å². The molecule has 0 bridgehead atoms. The Hall–Kier alpha value is -4.26. The molecule has 4 aromatic carbocycles. The summed E-state index contributed by atoms with van der Waals surface area (Å²) in [6.45, 7) is 4.15. The first-order chi connectivity index (χ1) is 23.3. The van der Waals surface area contributed by atoms with Gasteiger partial charge in [0.15, 0.2) is 0 Å². The van der Waals surface area contributed by atoms with E-state index >= 15 is 0 Å². The van der Waals surface area contributed by atoms with E-state index in [-0.39, 0.29) is 31.1 Å². The standard InChI is InChI=1S/C42H38Br2O4/c1-3-47-40(45)37(27-31-15-19-35(43)20-16-31)34-24-26-42(25-23-30-11-7-5-8-12-30,38(29-34)33-13-9-6-10-14-33)39(41(46)48-4-2)28-32-17-21-36(44)22-18-32/h5-23,25,27-29,38H,3-4,24,26H2,1-2H3/b25-23+,37-27-,39-28+/t38-,42+/m1/s1. The van der Waals surface area contributed by atoms with Crippen LogP contribution in [0.15, 0.2) is 147 Å². The zero-order valence-corrected chi connectivity index (χ0v) is 30.2. The largest absolute Gasteiger partial charge is 0.463 e. The Kier molecular flexibility index (Phi) is 12.2. The molecule has 0 amide bonds. The molecule has 4 aromatic rings. The van der Waals surface area contributed by atoms with Crippen LogP contribution < -0.4 is 0 Å². The van der Waals surface area contributed by atoms with Gasteiger partial charge < -0.3 is 9.47 Å². The molecule has 1 aliphatic carbocycles. The van der Waals surface area contributed by atoms with E-state index in [1.807, 2.05) is 123 Å². The van der Waals surface area contributed by atoms with Gasteiger partial charge in [-0.1, -0.05) is 135 Å². The molecule has 2 atom stereocenters. The molecular formula is C42H38Br2O4. The quantitative estimate of drug-likeness (QED) is 0.113. The van der Waals surface area contributed by atoms with Gasteiger partial charge in [-0.15, -0.1) is 0 Å². The molecule has 1 aliphatic rings. The maximum Gasteiger partial charge on any atom is 0.338 e. The van der Waals surface area contributed by atoms with Crippen LogP contribution in [0.5, 0.6) is 0 Å². The second kappa shape index (κ2) is 16.7. The van der Waals surface area contributed by atoms with E-state index in [9.17, 15) is 9.59 Å². The number of hydrogen-bond acceptors (Lipinski definition) is 4. The average Bonchev–Trinajstić information content (AvgIpc) is 3.11. The lowest BCUT2D eigenvalue weighted by Crippen LogP contribution is -2.36. The molecule has 0 unspecified atom stereocenters. The van der Waals surface area contributed by atoms with Crippen LogP contribution in [0, 0.1) is 5.41 Å².